The molecule has 0 aromatic carbocycles. The number of hydrogen-bond donors (Lipinski definition) is 2. The predicted octanol–water partition coefficient (Wildman–Crippen LogP) is 2.65. The second kappa shape index (κ2) is 10.4. The quantitative estimate of drug-likeness (QED) is 0.723. The van der Waals surface area contributed by atoms with E-state index < -0.39 is 0 Å². The molecule has 5 heteroatoms. The summed E-state index contributed by atoms with van der Waals surface area (Å²) in [5, 5.41) is 6.43. The average Bonchev–Trinajstić information content (AvgIpc) is 3.10. The number of hydrogen-bond acceptors (Lipinski definition) is 3. The van der Waals surface area contributed by atoms with Gasteiger partial charge in [0.25, 0.3) is 0 Å². The van der Waals surface area contributed by atoms with Crippen molar-refractivity contribution in [3.05, 3.63) is 0 Å². The molecule has 0 aromatic heterocycles. The van der Waals surface area contributed by atoms with Crippen molar-refractivity contribution in [2.24, 2.45) is 5.92 Å². The van der Waals surface area contributed by atoms with Gasteiger partial charge in [-0.1, -0.05) is 12.8 Å². The van der Waals surface area contributed by atoms with E-state index in [9.17, 15) is 4.79 Å². The third-order valence-corrected chi connectivity index (χ3v) is 4.65. The molecular weight excluding hydrogens is 288 g/mol. The number of amides is 1. The Hall–Kier alpha value is -0.320. The van der Waals surface area contributed by atoms with Crippen LogP contribution in [-0.2, 0) is 9.53 Å². The molecule has 2 aliphatic rings. The molecule has 2 N–H and O–H groups in total. The third kappa shape index (κ3) is 6.54. The Labute approximate surface area is 135 Å². The van der Waals surface area contributed by atoms with Gasteiger partial charge in [-0.2, -0.15) is 0 Å². The van der Waals surface area contributed by atoms with E-state index in [0.29, 0.717) is 24.5 Å². The van der Waals surface area contributed by atoms with Gasteiger partial charge in [0.2, 0.25) is 5.91 Å². The minimum absolute atomic E-state index is 0. The molecule has 124 valence electrons. The SMILES string of the molecule is CCOC(CCNC(=O)CC1CCCN1)C1CCCC1.Cl. The molecule has 2 fully saturated rings. The molecule has 0 radical (unpaired) electrons. The first-order chi connectivity index (χ1) is 9.79. The minimum atomic E-state index is 0. The Kier molecular flexibility index (Phi) is 9.29. The number of carbonyl (C=O) groups excluding carboxylic acids is 1. The number of nitrogens with one attached hydrogen (secondary N) is 2. The summed E-state index contributed by atoms with van der Waals surface area (Å²) in [7, 11) is 0. The van der Waals surface area contributed by atoms with Crippen LogP contribution in [0.3, 0.4) is 0 Å². The van der Waals surface area contributed by atoms with Crippen LogP contribution in [0.4, 0.5) is 0 Å². The molecule has 1 heterocycles. The Morgan fingerprint density at radius 1 is 1.29 bits per heavy atom. The fourth-order valence-corrected chi connectivity index (χ4v) is 3.58. The first-order valence-electron chi connectivity index (χ1n) is 8.41. The summed E-state index contributed by atoms with van der Waals surface area (Å²) >= 11 is 0. The maximum Gasteiger partial charge on any atom is 0.221 e. The molecule has 1 saturated heterocycles. The molecule has 1 amide bonds. The fourth-order valence-electron chi connectivity index (χ4n) is 3.58. The number of halogens is 1. The lowest BCUT2D eigenvalue weighted by molar-refractivity contribution is -0.121. The van der Waals surface area contributed by atoms with Crippen molar-refractivity contribution in [3.63, 3.8) is 0 Å². The largest absolute Gasteiger partial charge is 0.378 e. The topological polar surface area (TPSA) is 50.4 Å². The van der Waals surface area contributed by atoms with Crippen molar-refractivity contribution in [2.45, 2.75) is 70.4 Å². The average molecular weight is 319 g/mol. The van der Waals surface area contributed by atoms with Crippen LogP contribution >= 0.6 is 12.4 Å². The molecule has 2 unspecified atom stereocenters. The van der Waals surface area contributed by atoms with E-state index >= 15 is 0 Å². The summed E-state index contributed by atoms with van der Waals surface area (Å²) in [5.41, 5.74) is 0. The van der Waals surface area contributed by atoms with Gasteiger partial charge in [0.05, 0.1) is 6.10 Å². The lowest BCUT2D eigenvalue weighted by Gasteiger charge is -2.23. The van der Waals surface area contributed by atoms with Crippen LogP contribution in [0.1, 0.15) is 58.3 Å². The lowest BCUT2D eigenvalue weighted by atomic mass is 9.98. The van der Waals surface area contributed by atoms with Gasteiger partial charge in [-0.3, -0.25) is 4.79 Å². The van der Waals surface area contributed by atoms with Crippen LogP contribution in [0.15, 0.2) is 0 Å². The summed E-state index contributed by atoms with van der Waals surface area (Å²) in [6.45, 7) is 4.66. The van der Waals surface area contributed by atoms with E-state index in [1.54, 1.807) is 0 Å². The van der Waals surface area contributed by atoms with Crippen molar-refractivity contribution in [2.75, 3.05) is 19.7 Å². The molecule has 0 aromatic rings. The highest BCUT2D eigenvalue weighted by atomic mass is 35.5. The fraction of sp³-hybridized carbons (Fsp3) is 0.938. The van der Waals surface area contributed by atoms with Gasteiger partial charge in [0.1, 0.15) is 0 Å². The normalized spacial score (nSPS) is 23.8. The Morgan fingerprint density at radius 2 is 2.05 bits per heavy atom. The van der Waals surface area contributed by atoms with Crippen molar-refractivity contribution in [1.82, 2.24) is 10.6 Å². The molecule has 1 aliphatic heterocycles. The van der Waals surface area contributed by atoms with E-state index in [4.69, 9.17) is 4.74 Å². The maximum atomic E-state index is 11.9. The highest BCUT2D eigenvalue weighted by Gasteiger charge is 2.25. The van der Waals surface area contributed by atoms with Gasteiger partial charge in [-0.25, -0.2) is 0 Å². The second-order valence-corrected chi connectivity index (χ2v) is 6.17. The van der Waals surface area contributed by atoms with Crippen molar-refractivity contribution in [3.8, 4) is 0 Å². The predicted molar refractivity (Wildman–Crippen MR) is 87.9 cm³/mol. The van der Waals surface area contributed by atoms with Crippen LogP contribution in [0.5, 0.6) is 0 Å². The Bertz CT molecular complexity index is 290. The summed E-state index contributed by atoms with van der Waals surface area (Å²) in [6.07, 6.45) is 9.54. The molecular formula is C16H31ClN2O2. The summed E-state index contributed by atoms with van der Waals surface area (Å²) < 4.78 is 5.88. The Morgan fingerprint density at radius 3 is 2.67 bits per heavy atom. The van der Waals surface area contributed by atoms with Crippen LogP contribution in [0.2, 0.25) is 0 Å². The number of ether oxygens (including phenoxy) is 1. The number of rotatable bonds is 8. The minimum Gasteiger partial charge on any atom is -0.378 e. The summed E-state index contributed by atoms with van der Waals surface area (Å²) in [6, 6.07) is 0.396. The summed E-state index contributed by atoms with van der Waals surface area (Å²) in [4.78, 5) is 11.9. The van der Waals surface area contributed by atoms with Crippen LogP contribution in [0.25, 0.3) is 0 Å². The summed E-state index contributed by atoms with van der Waals surface area (Å²) in [5.74, 6) is 0.898. The lowest BCUT2D eigenvalue weighted by Crippen LogP contribution is -2.34. The van der Waals surface area contributed by atoms with Gasteiger partial charge in [0.15, 0.2) is 0 Å². The highest BCUT2D eigenvalue weighted by Crippen LogP contribution is 2.30. The van der Waals surface area contributed by atoms with Crippen molar-refractivity contribution >= 4 is 18.3 Å². The van der Waals surface area contributed by atoms with Crippen LogP contribution < -0.4 is 10.6 Å². The molecule has 1 saturated carbocycles. The van der Waals surface area contributed by atoms with Crippen LogP contribution in [0, 0.1) is 5.92 Å². The smallest absolute Gasteiger partial charge is 0.221 e. The van der Waals surface area contributed by atoms with Gasteiger partial charge >= 0.3 is 0 Å². The zero-order valence-corrected chi connectivity index (χ0v) is 14.1. The van der Waals surface area contributed by atoms with E-state index in [-0.39, 0.29) is 18.3 Å². The molecule has 0 spiro atoms. The van der Waals surface area contributed by atoms with Crippen molar-refractivity contribution in [1.29, 1.82) is 0 Å². The van der Waals surface area contributed by atoms with Gasteiger partial charge in [0, 0.05) is 25.6 Å². The van der Waals surface area contributed by atoms with Gasteiger partial charge < -0.3 is 15.4 Å². The van der Waals surface area contributed by atoms with Gasteiger partial charge in [-0.15, -0.1) is 12.4 Å². The van der Waals surface area contributed by atoms with E-state index in [0.717, 1.165) is 32.5 Å². The van der Waals surface area contributed by atoms with Crippen LogP contribution in [-0.4, -0.2) is 37.7 Å². The molecule has 2 rings (SSSR count). The number of carbonyl (C=O) groups is 1. The maximum absolute atomic E-state index is 11.9. The van der Waals surface area contributed by atoms with E-state index in [1.807, 2.05) is 0 Å². The second-order valence-electron chi connectivity index (χ2n) is 6.17. The molecule has 4 nitrogen and oxygen atoms in total. The van der Waals surface area contributed by atoms with Crippen molar-refractivity contribution < 1.29 is 9.53 Å². The zero-order chi connectivity index (χ0) is 14.2. The van der Waals surface area contributed by atoms with Gasteiger partial charge in [-0.05, 0) is 51.5 Å². The van der Waals surface area contributed by atoms with E-state index in [2.05, 4.69) is 17.6 Å². The molecule has 2 atom stereocenters. The zero-order valence-electron chi connectivity index (χ0n) is 13.2. The molecule has 0 bridgehead atoms. The standard InChI is InChI=1S/C16H30N2O2.ClH/c1-2-20-15(13-6-3-4-7-13)9-11-18-16(19)12-14-8-5-10-17-14;/h13-15,17H,2-12H2,1H3,(H,18,19);1H. The molecule has 21 heavy (non-hydrogen) atoms. The third-order valence-electron chi connectivity index (χ3n) is 4.65. The van der Waals surface area contributed by atoms with E-state index in [1.165, 1.54) is 32.1 Å². The first-order valence-corrected chi connectivity index (χ1v) is 8.41. The molecule has 1 aliphatic carbocycles. The first kappa shape index (κ1) is 18.7. The highest BCUT2D eigenvalue weighted by molar-refractivity contribution is 5.85. The Balaban J connectivity index is 0.00000220. The monoisotopic (exact) mass is 318 g/mol.